The van der Waals surface area contributed by atoms with E-state index in [1.165, 1.54) is 6.92 Å². The zero-order chi connectivity index (χ0) is 14.1. The molecular weight excluding hydrogens is 332 g/mol. The predicted molar refractivity (Wildman–Crippen MR) is 52.0 cm³/mol. The zero-order valence-corrected chi connectivity index (χ0v) is 10.2. The van der Waals surface area contributed by atoms with Crippen molar-refractivity contribution in [2.45, 2.75) is 25.4 Å². The van der Waals surface area contributed by atoms with Gasteiger partial charge in [0.2, 0.25) is 5.88 Å². The molecule has 2 nitrogen and oxygen atoms in total. The van der Waals surface area contributed by atoms with E-state index in [1.807, 2.05) is 0 Å². The van der Waals surface area contributed by atoms with Gasteiger partial charge in [-0.25, -0.2) is 4.98 Å². The second-order valence-electron chi connectivity index (χ2n) is 3.27. The Morgan fingerprint density at radius 1 is 1.22 bits per heavy atom. The summed E-state index contributed by atoms with van der Waals surface area (Å²) in [6.45, 7) is 1.43. The van der Waals surface area contributed by atoms with Crippen molar-refractivity contribution < 1.29 is 31.1 Å². The van der Waals surface area contributed by atoms with Crippen molar-refractivity contribution in [1.29, 1.82) is 0 Å². The summed E-state index contributed by atoms with van der Waals surface area (Å²) in [6.07, 6.45) is -15.1. The molecule has 0 aliphatic heterocycles. The molecule has 18 heavy (non-hydrogen) atoms. The van der Waals surface area contributed by atoms with Crippen molar-refractivity contribution in [2.24, 2.45) is 0 Å². The van der Waals surface area contributed by atoms with Crippen LogP contribution in [0.4, 0.5) is 26.3 Å². The molecule has 0 bridgehead atoms. The summed E-state index contributed by atoms with van der Waals surface area (Å²) in [4.78, 5) is 3.34. The molecule has 0 aliphatic carbocycles. The van der Waals surface area contributed by atoms with Gasteiger partial charge in [-0.3, -0.25) is 0 Å². The monoisotopic (exact) mass is 336 g/mol. The van der Waals surface area contributed by atoms with Gasteiger partial charge in [-0.1, -0.05) is 0 Å². The van der Waals surface area contributed by atoms with E-state index < -0.39 is 24.3 Å². The van der Waals surface area contributed by atoms with Gasteiger partial charge in [-0.2, -0.15) is 26.3 Å². The van der Waals surface area contributed by atoms with Crippen LogP contribution in [0, 0.1) is 13.0 Å². The van der Waals surface area contributed by atoms with Gasteiger partial charge in [0.05, 0.1) is 0 Å². The Hall–Kier alpha value is -0.990. The summed E-state index contributed by atoms with van der Waals surface area (Å²) in [5.74, 6) is -0.780. The molecule has 0 amide bonds. The summed E-state index contributed by atoms with van der Waals surface area (Å²) in [5.41, 5.74) is 0.287. The quantitative estimate of drug-likeness (QED) is 0.605. The smallest absolute Gasteiger partial charge is 0.434 e. The number of aromatic nitrogens is 1. The van der Waals surface area contributed by atoms with Crippen LogP contribution in [-0.2, 0) is 0 Å². The molecule has 0 saturated carbocycles. The van der Waals surface area contributed by atoms with Crippen LogP contribution < -0.4 is 4.74 Å². The largest absolute Gasteiger partial charge is 0.455 e. The van der Waals surface area contributed by atoms with E-state index in [0.29, 0.717) is 0 Å². The lowest BCUT2D eigenvalue weighted by Gasteiger charge is -2.23. The number of hydrogen-bond acceptors (Lipinski definition) is 2. The minimum atomic E-state index is -5.57. The summed E-state index contributed by atoms with van der Waals surface area (Å²) in [5, 5.41) is 0. The molecule has 1 heterocycles. The van der Waals surface area contributed by atoms with Crippen LogP contribution in [-0.4, -0.2) is 23.4 Å². The van der Waals surface area contributed by atoms with Crippen molar-refractivity contribution in [3.63, 3.8) is 0 Å². The molecule has 1 radical (unpaired) electrons. The fraction of sp³-hybridized carbons (Fsp3) is 0.444. The fourth-order valence-corrected chi connectivity index (χ4v) is 1.53. The molecule has 0 atom stereocenters. The first kappa shape index (κ1) is 15.1. The highest BCUT2D eigenvalue weighted by Gasteiger charge is 2.59. The highest BCUT2D eigenvalue weighted by molar-refractivity contribution is 9.10. The molecule has 0 fully saturated rings. The third kappa shape index (κ3) is 4.04. The Kier molecular flexibility index (Phi) is 4.14. The maximum Gasteiger partial charge on any atom is 0.434 e. The molecule has 9 heteroatoms. The van der Waals surface area contributed by atoms with Gasteiger partial charge in [0, 0.05) is 12.1 Å². The maximum absolute atomic E-state index is 12.2. The van der Waals surface area contributed by atoms with E-state index in [2.05, 4.69) is 31.7 Å². The van der Waals surface area contributed by atoms with Crippen molar-refractivity contribution >= 4 is 15.9 Å². The maximum atomic E-state index is 12.2. The minimum absolute atomic E-state index is 0.0411. The van der Waals surface area contributed by atoms with Crippen molar-refractivity contribution in [3.8, 4) is 5.88 Å². The van der Waals surface area contributed by atoms with E-state index in [1.54, 1.807) is 0 Å². The van der Waals surface area contributed by atoms with Gasteiger partial charge >= 0.3 is 12.4 Å². The van der Waals surface area contributed by atoms with Crippen LogP contribution in [0.25, 0.3) is 0 Å². The molecule has 0 unspecified atom stereocenters. The Morgan fingerprint density at radius 2 is 1.72 bits per heavy atom. The van der Waals surface area contributed by atoms with Gasteiger partial charge < -0.3 is 4.74 Å². The lowest BCUT2D eigenvalue weighted by Crippen LogP contribution is -2.46. The Labute approximate surface area is 106 Å². The number of aryl methyl sites for hydroxylation is 1. The molecule has 1 aromatic rings. The number of hydrogen-bond donors (Lipinski definition) is 0. The van der Waals surface area contributed by atoms with Crippen LogP contribution in [0.3, 0.4) is 0 Å². The van der Waals surface area contributed by atoms with E-state index in [9.17, 15) is 26.3 Å². The number of rotatable bonds is 2. The van der Waals surface area contributed by atoms with Crippen LogP contribution in [0.15, 0.2) is 10.7 Å². The number of pyridine rings is 1. The molecule has 0 aromatic carbocycles. The van der Waals surface area contributed by atoms with Gasteiger partial charge in [0.25, 0.3) is 6.10 Å². The molecule has 101 valence electrons. The summed E-state index contributed by atoms with van der Waals surface area (Å²) < 4.78 is 77.1. The first-order chi connectivity index (χ1) is 8.00. The van der Waals surface area contributed by atoms with Crippen molar-refractivity contribution in [2.75, 3.05) is 0 Å². The summed E-state index contributed by atoms with van der Waals surface area (Å²) >= 11 is 2.79. The Bertz CT molecular complexity index is 396. The number of ether oxygens (including phenoxy) is 1. The van der Waals surface area contributed by atoms with E-state index >= 15 is 0 Å². The van der Waals surface area contributed by atoms with Crippen LogP contribution in [0.2, 0.25) is 0 Å². The second kappa shape index (κ2) is 4.94. The average molecular weight is 337 g/mol. The lowest BCUT2D eigenvalue weighted by molar-refractivity contribution is -0.300. The third-order valence-electron chi connectivity index (χ3n) is 1.68. The molecule has 0 saturated heterocycles. The van der Waals surface area contributed by atoms with E-state index in [4.69, 9.17) is 0 Å². The van der Waals surface area contributed by atoms with Crippen molar-refractivity contribution in [1.82, 2.24) is 4.98 Å². The normalized spacial score (nSPS) is 12.9. The predicted octanol–water partition coefficient (Wildman–Crippen LogP) is 3.82. The number of alkyl halides is 6. The summed E-state index contributed by atoms with van der Waals surface area (Å²) in [7, 11) is 0. The Morgan fingerprint density at radius 3 is 2.11 bits per heavy atom. The molecule has 0 spiro atoms. The third-order valence-corrected chi connectivity index (χ3v) is 2.06. The fourth-order valence-electron chi connectivity index (χ4n) is 1.04. The number of nitrogens with zero attached hydrogens (tertiary/aromatic N) is 1. The second-order valence-corrected chi connectivity index (χ2v) is 4.03. The van der Waals surface area contributed by atoms with Crippen LogP contribution in [0.5, 0.6) is 5.88 Å². The zero-order valence-electron chi connectivity index (χ0n) is 8.66. The molecular formula is C9H5BrF6NO. The SMILES string of the molecule is Cc1[c]c(Br)nc(OC(C(F)(F)F)C(F)(F)F)c1. The van der Waals surface area contributed by atoms with Gasteiger partial charge in [0.15, 0.2) is 0 Å². The van der Waals surface area contributed by atoms with Crippen LogP contribution >= 0.6 is 15.9 Å². The first-order valence-electron chi connectivity index (χ1n) is 4.36. The molecule has 1 aromatic heterocycles. The molecule has 1 rings (SSSR count). The molecule has 0 aliphatic rings. The number of halogens is 7. The van der Waals surface area contributed by atoms with Crippen molar-refractivity contribution in [3.05, 3.63) is 22.3 Å². The molecule has 0 N–H and O–H groups in total. The Balaban J connectivity index is 3.04. The topological polar surface area (TPSA) is 22.1 Å². The van der Waals surface area contributed by atoms with Crippen LogP contribution in [0.1, 0.15) is 5.56 Å². The average Bonchev–Trinajstić information content (AvgIpc) is 2.08. The first-order valence-corrected chi connectivity index (χ1v) is 5.16. The van der Waals surface area contributed by atoms with Gasteiger partial charge in [-0.05, 0) is 28.4 Å². The minimum Gasteiger partial charge on any atom is -0.455 e. The van der Waals surface area contributed by atoms with Gasteiger partial charge in [0.1, 0.15) is 4.60 Å². The highest BCUT2D eigenvalue weighted by atomic mass is 79.9. The van der Waals surface area contributed by atoms with E-state index in [-0.39, 0.29) is 10.2 Å². The summed E-state index contributed by atoms with van der Waals surface area (Å²) in [6, 6.07) is 3.45. The standard InChI is InChI=1S/C9H5BrF6NO/c1-4-2-5(10)17-6(3-4)18-7(8(11,12)13)9(14,15)16/h3,7H,1H3. The lowest BCUT2D eigenvalue weighted by atomic mass is 10.3. The van der Waals surface area contributed by atoms with Gasteiger partial charge in [-0.15, -0.1) is 0 Å². The highest BCUT2D eigenvalue weighted by Crippen LogP contribution is 2.36. The van der Waals surface area contributed by atoms with E-state index in [0.717, 1.165) is 6.07 Å².